The van der Waals surface area contributed by atoms with Crippen LogP contribution in [0.25, 0.3) is 0 Å². The molecule has 0 saturated carbocycles. The Morgan fingerprint density at radius 3 is 3.00 bits per heavy atom. The third-order valence-electron chi connectivity index (χ3n) is 3.72. The number of halogens is 1. The maximum Gasteiger partial charge on any atom is 0.126 e. The molecule has 0 spiro atoms. The van der Waals surface area contributed by atoms with Gasteiger partial charge in [0.1, 0.15) is 5.82 Å². The molecule has 0 aromatic carbocycles. The summed E-state index contributed by atoms with van der Waals surface area (Å²) in [6.07, 6.45) is 3.95. The van der Waals surface area contributed by atoms with Gasteiger partial charge in [0.15, 0.2) is 0 Å². The van der Waals surface area contributed by atoms with Crippen molar-refractivity contribution in [3.63, 3.8) is 0 Å². The van der Waals surface area contributed by atoms with Crippen LogP contribution in [0, 0.1) is 5.92 Å². The normalized spacial score (nSPS) is 19.8. The third-order valence-corrected chi connectivity index (χ3v) is 4.06. The summed E-state index contributed by atoms with van der Waals surface area (Å²) < 4.78 is 0. The maximum atomic E-state index is 6.26. The highest BCUT2D eigenvalue weighted by Gasteiger charge is 2.22. The molecule has 2 heterocycles. The molecule has 1 saturated heterocycles. The molecule has 0 aliphatic carbocycles. The zero-order chi connectivity index (χ0) is 13.7. The van der Waals surface area contributed by atoms with E-state index < -0.39 is 0 Å². The van der Waals surface area contributed by atoms with Crippen molar-refractivity contribution in [1.29, 1.82) is 0 Å². The van der Waals surface area contributed by atoms with Crippen LogP contribution in [0.1, 0.15) is 38.8 Å². The van der Waals surface area contributed by atoms with Crippen molar-refractivity contribution >= 4 is 17.4 Å². The molecule has 106 valence electrons. The second kappa shape index (κ2) is 7.11. The fourth-order valence-electron chi connectivity index (χ4n) is 2.79. The largest absolute Gasteiger partial charge is 0.370 e. The molecule has 1 fully saturated rings. The molecule has 1 aliphatic rings. The lowest BCUT2D eigenvalue weighted by Gasteiger charge is -2.17. The molecule has 4 heteroatoms. The number of nitrogens with one attached hydrogen (secondary N) is 1. The number of hydrogen-bond acceptors (Lipinski definition) is 3. The molecule has 0 amide bonds. The Labute approximate surface area is 121 Å². The van der Waals surface area contributed by atoms with Crippen LogP contribution in [0.3, 0.4) is 0 Å². The number of anilines is 1. The minimum absolute atomic E-state index is 0.778. The van der Waals surface area contributed by atoms with Crippen LogP contribution in [0.4, 0.5) is 5.82 Å². The Bertz CT molecular complexity index is 408. The summed E-state index contributed by atoms with van der Waals surface area (Å²) in [6, 6.07) is 3.89. The number of rotatable bonds is 6. The lowest BCUT2D eigenvalue weighted by molar-refractivity contribution is 0.309. The summed E-state index contributed by atoms with van der Waals surface area (Å²) in [6.45, 7) is 8.47. The zero-order valence-electron chi connectivity index (χ0n) is 12.0. The number of nitrogens with zero attached hydrogens (tertiary/aromatic N) is 2. The summed E-state index contributed by atoms with van der Waals surface area (Å²) >= 11 is 6.26. The SMILES string of the molecule is CCCC1CCN(Cc2nc(NCC)ccc2Cl)C1. The first-order valence-corrected chi connectivity index (χ1v) is 7.72. The summed E-state index contributed by atoms with van der Waals surface area (Å²) in [4.78, 5) is 7.09. The Balaban J connectivity index is 1.97. The number of hydrogen-bond donors (Lipinski definition) is 1. The molecule has 0 radical (unpaired) electrons. The molecule has 2 rings (SSSR count). The van der Waals surface area contributed by atoms with E-state index in [4.69, 9.17) is 11.6 Å². The van der Waals surface area contributed by atoms with Gasteiger partial charge in [-0.15, -0.1) is 0 Å². The first kappa shape index (κ1) is 14.6. The van der Waals surface area contributed by atoms with Gasteiger partial charge in [0.25, 0.3) is 0 Å². The molecule has 0 bridgehead atoms. The molecule has 1 unspecified atom stereocenters. The van der Waals surface area contributed by atoms with E-state index in [2.05, 4.69) is 29.0 Å². The maximum absolute atomic E-state index is 6.26. The van der Waals surface area contributed by atoms with Gasteiger partial charge in [0, 0.05) is 19.6 Å². The summed E-state index contributed by atoms with van der Waals surface area (Å²) in [7, 11) is 0. The van der Waals surface area contributed by atoms with Crippen molar-refractivity contribution in [2.24, 2.45) is 5.92 Å². The van der Waals surface area contributed by atoms with E-state index in [1.165, 1.54) is 32.4 Å². The van der Waals surface area contributed by atoms with Crippen LogP contribution >= 0.6 is 11.6 Å². The first-order valence-electron chi connectivity index (χ1n) is 7.34. The minimum Gasteiger partial charge on any atom is -0.370 e. The second-order valence-electron chi connectivity index (χ2n) is 5.33. The van der Waals surface area contributed by atoms with Crippen LogP contribution in [-0.4, -0.2) is 29.5 Å². The van der Waals surface area contributed by atoms with E-state index in [0.29, 0.717) is 0 Å². The molecule has 1 aliphatic heterocycles. The molecular formula is C15H24ClN3. The fourth-order valence-corrected chi connectivity index (χ4v) is 2.95. The van der Waals surface area contributed by atoms with Gasteiger partial charge in [-0.25, -0.2) is 4.98 Å². The van der Waals surface area contributed by atoms with Crippen molar-refractivity contribution in [1.82, 2.24) is 9.88 Å². The number of likely N-dealkylation sites (tertiary alicyclic amines) is 1. The standard InChI is InChI=1S/C15H24ClN3/c1-3-5-12-8-9-19(10-12)11-14-13(16)6-7-15(18-14)17-4-2/h6-7,12H,3-5,8-11H2,1-2H3,(H,17,18). The minimum atomic E-state index is 0.778. The quantitative estimate of drug-likeness (QED) is 0.860. The first-order chi connectivity index (χ1) is 9.22. The monoisotopic (exact) mass is 281 g/mol. The lowest BCUT2D eigenvalue weighted by atomic mass is 10.0. The van der Waals surface area contributed by atoms with Crippen molar-refractivity contribution in [2.45, 2.75) is 39.7 Å². The number of pyridine rings is 1. The second-order valence-corrected chi connectivity index (χ2v) is 5.74. The summed E-state index contributed by atoms with van der Waals surface area (Å²) in [5, 5.41) is 4.02. The van der Waals surface area contributed by atoms with E-state index in [1.807, 2.05) is 12.1 Å². The van der Waals surface area contributed by atoms with Gasteiger partial charge in [-0.2, -0.15) is 0 Å². The van der Waals surface area contributed by atoms with Gasteiger partial charge >= 0.3 is 0 Å². The van der Waals surface area contributed by atoms with Gasteiger partial charge < -0.3 is 5.32 Å². The van der Waals surface area contributed by atoms with Crippen molar-refractivity contribution in [3.05, 3.63) is 22.8 Å². The Morgan fingerprint density at radius 1 is 1.42 bits per heavy atom. The Morgan fingerprint density at radius 2 is 2.26 bits per heavy atom. The van der Waals surface area contributed by atoms with E-state index in [9.17, 15) is 0 Å². The topological polar surface area (TPSA) is 28.2 Å². The van der Waals surface area contributed by atoms with Gasteiger partial charge in [-0.1, -0.05) is 24.9 Å². The highest BCUT2D eigenvalue weighted by molar-refractivity contribution is 6.31. The molecule has 3 nitrogen and oxygen atoms in total. The lowest BCUT2D eigenvalue weighted by Crippen LogP contribution is -2.21. The van der Waals surface area contributed by atoms with E-state index in [1.54, 1.807) is 0 Å². The van der Waals surface area contributed by atoms with E-state index in [0.717, 1.165) is 35.5 Å². The molecule has 1 N–H and O–H groups in total. The van der Waals surface area contributed by atoms with Crippen LogP contribution in [0.2, 0.25) is 5.02 Å². The van der Waals surface area contributed by atoms with Crippen LogP contribution in [0.15, 0.2) is 12.1 Å². The highest BCUT2D eigenvalue weighted by Crippen LogP contribution is 2.24. The number of aromatic nitrogens is 1. The molecular weight excluding hydrogens is 258 g/mol. The van der Waals surface area contributed by atoms with Gasteiger partial charge in [-0.3, -0.25) is 4.90 Å². The fraction of sp³-hybridized carbons (Fsp3) is 0.667. The zero-order valence-corrected chi connectivity index (χ0v) is 12.7. The smallest absolute Gasteiger partial charge is 0.126 e. The van der Waals surface area contributed by atoms with Gasteiger partial charge in [0.05, 0.1) is 10.7 Å². The third kappa shape index (κ3) is 4.08. The molecule has 1 aromatic rings. The molecule has 19 heavy (non-hydrogen) atoms. The van der Waals surface area contributed by atoms with Gasteiger partial charge in [0.2, 0.25) is 0 Å². The van der Waals surface area contributed by atoms with Crippen LogP contribution < -0.4 is 5.32 Å². The summed E-state index contributed by atoms with van der Waals surface area (Å²) in [5.41, 5.74) is 0.997. The van der Waals surface area contributed by atoms with Gasteiger partial charge in [-0.05, 0) is 44.4 Å². The van der Waals surface area contributed by atoms with E-state index >= 15 is 0 Å². The van der Waals surface area contributed by atoms with Crippen molar-refractivity contribution in [3.8, 4) is 0 Å². The Kier molecular flexibility index (Phi) is 5.46. The predicted octanol–water partition coefficient (Wildman–Crippen LogP) is 3.79. The van der Waals surface area contributed by atoms with E-state index in [-0.39, 0.29) is 0 Å². The summed E-state index contributed by atoms with van der Waals surface area (Å²) in [5.74, 6) is 1.78. The predicted molar refractivity (Wildman–Crippen MR) is 81.7 cm³/mol. The van der Waals surface area contributed by atoms with Crippen molar-refractivity contribution in [2.75, 3.05) is 25.0 Å². The van der Waals surface area contributed by atoms with Crippen molar-refractivity contribution < 1.29 is 0 Å². The average molecular weight is 282 g/mol. The van der Waals surface area contributed by atoms with Crippen LogP contribution in [-0.2, 0) is 6.54 Å². The van der Waals surface area contributed by atoms with Crippen LogP contribution in [0.5, 0.6) is 0 Å². The molecule has 1 aromatic heterocycles. The highest BCUT2D eigenvalue weighted by atomic mass is 35.5. The Hall–Kier alpha value is -0.800. The molecule has 1 atom stereocenters. The average Bonchev–Trinajstić information content (AvgIpc) is 2.82.